The second-order valence-electron chi connectivity index (χ2n) is 6.47. The van der Waals surface area contributed by atoms with Crippen LogP contribution < -0.4 is 5.32 Å². The number of hydrogen-bond donors (Lipinski definition) is 1. The molecule has 1 aliphatic heterocycles. The lowest BCUT2D eigenvalue weighted by atomic mass is 10.1. The van der Waals surface area contributed by atoms with Crippen molar-refractivity contribution in [3.05, 3.63) is 40.4 Å². The monoisotopic (exact) mass is 354 g/mol. The number of nitriles is 1. The molecule has 1 amide bonds. The Morgan fingerprint density at radius 2 is 2.27 bits per heavy atom. The van der Waals surface area contributed by atoms with E-state index >= 15 is 0 Å². The van der Waals surface area contributed by atoms with Gasteiger partial charge in [-0.1, -0.05) is 5.16 Å². The Bertz CT molecular complexity index is 879. The van der Waals surface area contributed by atoms with Crippen LogP contribution in [-0.4, -0.2) is 34.9 Å². The molecule has 1 fully saturated rings. The lowest BCUT2D eigenvalue weighted by molar-refractivity contribution is -0.117. The minimum Gasteiger partial charge on any atom is -0.376 e. The number of nitrogens with one attached hydrogen (secondary N) is 1. The highest BCUT2D eigenvalue weighted by atomic mass is 16.5. The molecule has 136 valence electrons. The maximum Gasteiger partial charge on any atom is 0.262 e. The van der Waals surface area contributed by atoms with Crippen LogP contribution in [0.1, 0.15) is 35.6 Å². The molecule has 1 N–H and O–H groups in total. The second kappa shape index (κ2) is 7.58. The van der Waals surface area contributed by atoms with E-state index in [1.807, 2.05) is 43.5 Å². The minimum atomic E-state index is -0.384. The zero-order chi connectivity index (χ0) is 18.7. The molecule has 26 heavy (non-hydrogen) atoms. The first kappa shape index (κ1) is 18.0. The van der Waals surface area contributed by atoms with E-state index in [1.54, 1.807) is 6.08 Å². The molecule has 0 unspecified atom stereocenters. The van der Waals surface area contributed by atoms with Gasteiger partial charge >= 0.3 is 0 Å². The van der Waals surface area contributed by atoms with Crippen LogP contribution >= 0.6 is 0 Å². The van der Waals surface area contributed by atoms with Gasteiger partial charge in [0, 0.05) is 30.6 Å². The van der Waals surface area contributed by atoms with E-state index in [0.29, 0.717) is 12.4 Å². The third kappa shape index (κ3) is 3.70. The average molecular weight is 354 g/mol. The fraction of sp³-hybridized carbons (Fsp3) is 0.421. The molecule has 0 aromatic carbocycles. The van der Waals surface area contributed by atoms with Gasteiger partial charge in [0.2, 0.25) is 0 Å². The van der Waals surface area contributed by atoms with E-state index in [1.165, 1.54) is 0 Å². The van der Waals surface area contributed by atoms with Crippen LogP contribution in [0.15, 0.2) is 22.2 Å². The molecule has 7 heteroatoms. The van der Waals surface area contributed by atoms with Crippen molar-refractivity contribution in [1.29, 1.82) is 5.26 Å². The zero-order valence-electron chi connectivity index (χ0n) is 15.2. The van der Waals surface area contributed by atoms with E-state index in [4.69, 9.17) is 9.26 Å². The number of carbonyl (C=O) groups excluding carboxylic acids is 1. The van der Waals surface area contributed by atoms with Crippen molar-refractivity contribution in [2.45, 2.75) is 39.7 Å². The van der Waals surface area contributed by atoms with Crippen LogP contribution in [0.25, 0.3) is 11.9 Å². The third-order valence-electron chi connectivity index (χ3n) is 4.49. The van der Waals surface area contributed by atoms with Gasteiger partial charge in [0.1, 0.15) is 17.4 Å². The normalized spacial score (nSPS) is 17.3. The summed E-state index contributed by atoms with van der Waals surface area (Å²) < 4.78 is 12.6. The van der Waals surface area contributed by atoms with Crippen molar-refractivity contribution in [2.24, 2.45) is 0 Å². The van der Waals surface area contributed by atoms with Gasteiger partial charge in [0.25, 0.3) is 5.91 Å². The number of amides is 1. The maximum atomic E-state index is 12.3. The van der Waals surface area contributed by atoms with Crippen LogP contribution in [0.4, 0.5) is 0 Å². The SMILES string of the molecule is Cc1cc(-n2c(C)cc(/C=C(\C#N)C(=O)NC[C@H]3CCCO3)c2C)no1. The Labute approximate surface area is 152 Å². The summed E-state index contributed by atoms with van der Waals surface area (Å²) in [6.45, 7) is 6.85. The zero-order valence-corrected chi connectivity index (χ0v) is 15.2. The van der Waals surface area contributed by atoms with Gasteiger partial charge in [-0.15, -0.1) is 0 Å². The molecular formula is C19H22N4O3. The highest BCUT2D eigenvalue weighted by Crippen LogP contribution is 2.22. The fourth-order valence-electron chi connectivity index (χ4n) is 3.16. The van der Waals surface area contributed by atoms with E-state index < -0.39 is 0 Å². The molecule has 1 aliphatic rings. The Kier molecular flexibility index (Phi) is 5.24. The number of nitrogens with zero attached hydrogens (tertiary/aromatic N) is 3. The molecule has 2 aromatic heterocycles. The van der Waals surface area contributed by atoms with Crippen LogP contribution in [0, 0.1) is 32.1 Å². The molecule has 0 radical (unpaired) electrons. The first-order valence-corrected chi connectivity index (χ1v) is 8.64. The summed E-state index contributed by atoms with van der Waals surface area (Å²) in [5, 5.41) is 16.2. The largest absolute Gasteiger partial charge is 0.376 e. The number of carbonyl (C=O) groups is 1. The molecule has 3 rings (SSSR count). The van der Waals surface area contributed by atoms with Crippen LogP contribution in [-0.2, 0) is 9.53 Å². The smallest absolute Gasteiger partial charge is 0.262 e. The Balaban J connectivity index is 1.80. The van der Waals surface area contributed by atoms with E-state index in [0.717, 1.165) is 42.2 Å². The molecule has 1 atom stereocenters. The first-order chi connectivity index (χ1) is 12.5. The molecule has 1 saturated heterocycles. The lowest BCUT2D eigenvalue weighted by Gasteiger charge is -2.10. The highest BCUT2D eigenvalue weighted by Gasteiger charge is 2.19. The molecule has 7 nitrogen and oxygen atoms in total. The fourth-order valence-corrected chi connectivity index (χ4v) is 3.16. The standard InChI is InChI=1S/C19H22N4O3/c1-12-7-15(14(3)23(12)18-8-13(2)26-22-18)9-16(10-20)19(24)21-11-17-5-4-6-25-17/h7-9,17H,4-6,11H2,1-3H3,(H,21,24)/b16-9+/t17-/m1/s1. The van der Waals surface area contributed by atoms with Gasteiger partial charge in [-0.3, -0.25) is 9.36 Å². The molecule has 0 bridgehead atoms. The quantitative estimate of drug-likeness (QED) is 0.658. The van der Waals surface area contributed by atoms with Crippen molar-refractivity contribution >= 4 is 12.0 Å². The second-order valence-corrected chi connectivity index (χ2v) is 6.47. The minimum absolute atomic E-state index is 0.0411. The van der Waals surface area contributed by atoms with Crippen molar-refractivity contribution in [3.63, 3.8) is 0 Å². The molecular weight excluding hydrogens is 332 g/mol. The third-order valence-corrected chi connectivity index (χ3v) is 4.49. The van der Waals surface area contributed by atoms with Crippen molar-refractivity contribution in [2.75, 3.05) is 13.2 Å². The summed E-state index contributed by atoms with van der Waals surface area (Å²) in [7, 11) is 0. The van der Waals surface area contributed by atoms with Crippen molar-refractivity contribution in [3.8, 4) is 11.9 Å². The first-order valence-electron chi connectivity index (χ1n) is 8.64. The van der Waals surface area contributed by atoms with E-state index in [9.17, 15) is 10.1 Å². The van der Waals surface area contributed by atoms with Gasteiger partial charge in [0.05, 0.1) is 6.10 Å². The van der Waals surface area contributed by atoms with Crippen LogP contribution in [0.5, 0.6) is 0 Å². The lowest BCUT2D eigenvalue weighted by Crippen LogP contribution is -2.32. The van der Waals surface area contributed by atoms with Crippen molar-refractivity contribution < 1.29 is 14.1 Å². The molecule has 0 aliphatic carbocycles. The predicted molar refractivity (Wildman–Crippen MR) is 95.6 cm³/mol. The Morgan fingerprint density at radius 1 is 1.46 bits per heavy atom. The van der Waals surface area contributed by atoms with E-state index in [2.05, 4.69) is 10.5 Å². The van der Waals surface area contributed by atoms with Gasteiger partial charge < -0.3 is 14.6 Å². The average Bonchev–Trinajstić information content (AvgIpc) is 3.33. The molecule has 0 spiro atoms. The summed E-state index contributed by atoms with van der Waals surface area (Å²) >= 11 is 0. The summed E-state index contributed by atoms with van der Waals surface area (Å²) in [5.74, 6) is 1.01. The molecule has 2 aromatic rings. The van der Waals surface area contributed by atoms with Gasteiger partial charge in [-0.2, -0.15) is 5.26 Å². The number of aromatic nitrogens is 2. The Morgan fingerprint density at radius 3 is 2.88 bits per heavy atom. The van der Waals surface area contributed by atoms with E-state index in [-0.39, 0.29) is 17.6 Å². The predicted octanol–water partition coefficient (Wildman–Crippen LogP) is 2.59. The number of aryl methyl sites for hydroxylation is 2. The topological polar surface area (TPSA) is 93.1 Å². The van der Waals surface area contributed by atoms with Gasteiger partial charge in [0.15, 0.2) is 5.82 Å². The summed E-state index contributed by atoms with van der Waals surface area (Å²) in [6, 6.07) is 5.75. The van der Waals surface area contributed by atoms with Gasteiger partial charge in [-0.05, 0) is 51.3 Å². The molecule has 3 heterocycles. The summed E-state index contributed by atoms with van der Waals surface area (Å²) in [4.78, 5) is 12.3. The van der Waals surface area contributed by atoms with Crippen LogP contribution in [0.3, 0.4) is 0 Å². The number of rotatable bonds is 5. The number of ether oxygens (including phenoxy) is 1. The highest BCUT2D eigenvalue weighted by molar-refractivity contribution is 6.01. The van der Waals surface area contributed by atoms with Crippen molar-refractivity contribution in [1.82, 2.24) is 15.0 Å². The summed E-state index contributed by atoms with van der Waals surface area (Å²) in [6.07, 6.45) is 3.59. The molecule has 0 saturated carbocycles. The summed E-state index contributed by atoms with van der Waals surface area (Å²) in [5.41, 5.74) is 2.70. The Hall–Kier alpha value is -2.85. The number of hydrogen-bond acceptors (Lipinski definition) is 5. The van der Waals surface area contributed by atoms with Gasteiger partial charge in [-0.25, -0.2) is 0 Å². The maximum absolute atomic E-state index is 12.3. The van der Waals surface area contributed by atoms with Crippen LogP contribution in [0.2, 0.25) is 0 Å².